The molecule has 2 saturated heterocycles. The van der Waals surface area contributed by atoms with E-state index in [-0.39, 0.29) is 0 Å². The van der Waals surface area contributed by atoms with Gasteiger partial charge in [-0.25, -0.2) is 15.0 Å². The quantitative estimate of drug-likeness (QED) is 0.700. The van der Waals surface area contributed by atoms with E-state index >= 15 is 0 Å². The number of likely N-dealkylation sites (N-methyl/N-ethyl adjacent to an activating group) is 1. The molecule has 1 N–H and O–H groups in total. The lowest BCUT2D eigenvalue weighted by atomic mass is 10.2. The highest BCUT2D eigenvalue weighted by Crippen LogP contribution is 2.28. The maximum Gasteiger partial charge on any atom is 0.227 e. The summed E-state index contributed by atoms with van der Waals surface area (Å²) in [4.78, 5) is 24.7. The summed E-state index contributed by atoms with van der Waals surface area (Å²) in [6.07, 6.45) is 6.26. The summed E-state index contributed by atoms with van der Waals surface area (Å²) in [5.41, 5.74) is 0.771. The highest BCUT2D eigenvalue weighted by atomic mass is 16.5. The van der Waals surface area contributed by atoms with Gasteiger partial charge in [0.1, 0.15) is 18.0 Å². The minimum atomic E-state index is 0.351. The Balaban J connectivity index is 1.32. The fourth-order valence-electron chi connectivity index (χ4n) is 3.89. The van der Waals surface area contributed by atoms with Crippen molar-refractivity contribution in [3.05, 3.63) is 24.8 Å². The molecule has 5 heterocycles. The van der Waals surface area contributed by atoms with Crippen molar-refractivity contribution in [2.75, 3.05) is 61.1 Å². The molecule has 0 spiro atoms. The molecule has 0 radical (unpaired) electrons. The Hall–Kier alpha value is -3.01. The van der Waals surface area contributed by atoms with E-state index < -0.39 is 0 Å². The molecule has 2 aliphatic rings. The summed E-state index contributed by atoms with van der Waals surface area (Å²) in [6, 6.07) is 2.33. The van der Waals surface area contributed by atoms with Gasteiger partial charge in [0.2, 0.25) is 5.95 Å². The molecule has 3 aromatic heterocycles. The van der Waals surface area contributed by atoms with Gasteiger partial charge in [0.25, 0.3) is 0 Å². The molecule has 0 amide bonds. The monoisotopic (exact) mass is 381 g/mol. The van der Waals surface area contributed by atoms with Crippen molar-refractivity contribution in [2.45, 2.75) is 12.5 Å². The zero-order chi connectivity index (χ0) is 18.9. The number of nitrogens with zero attached hydrogens (tertiary/aromatic N) is 8. The van der Waals surface area contributed by atoms with Gasteiger partial charge in [-0.3, -0.25) is 5.10 Å². The Kier molecular flexibility index (Phi) is 4.40. The number of morpholine rings is 1. The zero-order valence-electron chi connectivity index (χ0n) is 15.8. The molecular weight excluding hydrogens is 358 g/mol. The number of H-pyrrole nitrogens is 1. The number of fused-ring (bicyclic) bond motifs is 1. The van der Waals surface area contributed by atoms with Crippen LogP contribution in [-0.4, -0.2) is 82.6 Å². The largest absolute Gasteiger partial charge is 0.378 e. The summed E-state index contributed by atoms with van der Waals surface area (Å²) in [7, 11) is 2.10. The minimum Gasteiger partial charge on any atom is -0.378 e. The molecule has 0 aromatic carbocycles. The molecule has 10 nitrogen and oxygen atoms in total. The Labute approximate surface area is 162 Å². The first kappa shape index (κ1) is 17.1. The molecule has 2 fully saturated rings. The number of hydrogen-bond acceptors (Lipinski definition) is 9. The summed E-state index contributed by atoms with van der Waals surface area (Å²) < 4.78 is 5.43. The Morgan fingerprint density at radius 1 is 1.14 bits per heavy atom. The molecule has 1 unspecified atom stereocenters. The van der Waals surface area contributed by atoms with E-state index in [9.17, 15) is 0 Å². The lowest BCUT2D eigenvalue weighted by Gasteiger charge is -2.29. The first-order valence-electron chi connectivity index (χ1n) is 9.57. The third-order valence-electron chi connectivity index (χ3n) is 5.52. The van der Waals surface area contributed by atoms with E-state index in [1.54, 1.807) is 12.5 Å². The van der Waals surface area contributed by atoms with Crippen molar-refractivity contribution in [1.82, 2.24) is 30.1 Å². The Morgan fingerprint density at radius 2 is 2.04 bits per heavy atom. The van der Waals surface area contributed by atoms with Crippen LogP contribution in [0.2, 0.25) is 0 Å². The average Bonchev–Trinajstić information content (AvgIpc) is 3.43. The maximum absolute atomic E-state index is 5.43. The lowest BCUT2D eigenvalue weighted by molar-refractivity contribution is 0.122. The number of aromatic nitrogens is 6. The first-order chi connectivity index (χ1) is 13.8. The van der Waals surface area contributed by atoms with Crippen molar-refractivity contribution in [2.24, 2.45) is 0 Å². The average molecular weight is 381 g/mol. The van der Waals surface area contributed by atoms with Gasteiger partial charge in [-0.1, -0.05) is 0 Å². The summed E-state index contributed by atoms with van der Waals surface area (Å²) in [5, 5.41) is 7.97. The fourth-order valence-corrected chi connectivity index (χ4v) is 3.89. The van der Waals surface area contributed by atoms with Gasteiger partial charge in [0.15, 0.2) is 5.65 Å². The standard InChI is InChI=1S/C18H23N9O/c1-25(15-2-4-19-18(23-15)26-6-8-28-9-7-26)13-3-5-27(11-13)17-14-10-22-24-16(14)20-12-21-17/h2,4,10,12-13H,3,5-9,11H2,1H3,(H,20,21,22,24). The highest BCUT2D eigenvalue weighted by molar-refractivity contribution is 5.86. The van der Waals surface area contributed by atoms with Crippen molar-refractivity contribution in [1.29, 1.82) is 0 Å². The van der Waals surface area contributed by atoms with Gasteiger partial charge in [-0.05, 0) is 12.5 Å². The molecule has 0 aliphatic carbocycles. The normalized spacial score (nSPS) is 20.1. The SMILES string of the molecule is CN(c1ccnc(N2CCOCC2)n1)C1CCN(c2ncnc3[nH]ncc23)C1. The van der Waals surface area contributed by atoms with E-state index in [1.807, 2.05) is 12.3 Å². The van der Waals surface area contributed by atoms with Crippen LogP contribution < -0.4 is 14.7 Å². The van der Waals surface area contributed by atoms with Gasteiger partial charge in [-0.15, -0.1) is 0 Å². The van der Waals surface area contributed by atoms with Crippen molar-refractivity contribution in [3.63, 3.8) is 0 Å². The van der Waals surface area contributed by atoms with E-state index in [2.05, 4.69) is 46.9 Å². The molecule has 0 bridgehead atoms. The second kappa shape index (κ2) is 7.19. The number of rotatable bonds is 4. The van der Waals surface area contributed by atoms with Crippen LogP contribution >= 0.6 is 0 Å². The van der Waals surface area contributed by atoms with Crippen LogP contribution in [0.4, 0.5) is 17.6 Å². The fraction of sp³-hybridized carbons (Fsp3) is 0.500. The van der Waals surface area contributed by atoms with E-state index in [0.717, 1.165) is 74.4 Å². The third-order valence-corrected chi connectivity index (χ3v) is 5.52. The molecule has 3 aromatic rings. The van der Waals surface area contributed by atoms with E-state index in [0.29, 0.717) is 6.04 Å². The topological polar surface area (TPSA) is 99.2 Å². The van der Waals surface area contributed by atoms with Crippen LogP contribution in [0.3, 0.4) is 0 Å². The lowest BCUT2D eigenvalue weighted by Crippen LogP contribution is -2.38. The number of aromatic amines is 1. The zero-order valence-corrected chi connectivity index (χ0v) is 15.8. The second-order valence-electron chi connectivity index (χ2n) is 7.14. The molecular formula is C18H23N9O. The van der Waals surface area contributed by atoms with Crippen molar-refractivity contribution < 1.29 is 4.74 Å². The summed E-state index contributed by atoms with van der Waals surface area (Å²) in [6.45, 7) is 4.93. The Bertz CT molecular complexity index is 955. The molecule has 1 atom stereocenters. The molecule has 28 heavy (non-hydrogen) atoms. The smallest absolute Gasteiger partial charge is 0.227 e. The van der Waals surface area contributed by atoms with Crippen LogP contribution in [0.25, 0.3) is 11.0 Å². The minimum absolute atomic E-state index is 0.351. The molecule has 5 rings (SSSR count). The van der Waals surface area contributed by atoms with Gasteiger partial charge in [0, 0.05) is 45.5 Å². The number of hydrogen-bond donors (Lipinski definition) is 1. The van der Waals surface area contributed by atoms with Gasteiger partial charge in [-0.2, -0.15) is 10.1 Å². The molecule has 2 aliphatic heterocycles. The van der Waals surface area contributed by atoms with Crippen molar-refractivity contribution >= 4 is 28.6 Å². The van der Waals surface area contributed by atoms with Crippen LogP contribution in [-0.2, 0) is 4.74 Å². The number of anilines is 3. The third kappa shape index (κ3) is 3.09. The van der Waals surface area contributed by atoms with Crippen LogP contribution in [0, 0.1) is 0 Å². The van der Waals surface area contributed by atoms with Crippen LogP contribution in [0.5, 0.6) is 0 Å². The van der Waals surface area contributed by atoms with Crippen LogP contribution in [0.1, 0.15) is 6.42 Å². The number of nitrogens with one attached hydrogen (secondary N) is 1. The summed E-state index contributed by atoms with van der Waals surface area (Å²) in [5.74, 6) is 2.66. The van der Waals surface area contributed by atoms with Gasteiger partial charge >= 0.3 is 0 Å². The Morgan fingerprint density at radius 3 is 2.93 bits per heavy atom. The van der Waals surface area contributed by atoms with E-state index in [1.165, 1.54) is 0 Å². The van der Waals surface area contributed by atoms with E-state index in [4.69, 9.17) is 9.72 Å². The maximum atomic E-state index is 5.43. The predicted molar refractivity (Wildman–Crippen MR) is 106 cm³/mol. The predicted octanol–water partition coefficient (Wildman–Crippen LogP) is 0.695. The summed E-state index contributed by atoms with van der Waals surface area (Å²) >= 11 is 0. The second-order valence-corrected chi connectivity index (χ2v) is 7.14. The van der Waals surface area contributed by atoms with Crippen LogP contribution in [0.15, 0.2) is 24.8 Å². The highest BCUT2D eigenvalue weighted by Gasteiger charge is 2.29. The van der Waals surface area contributed by atoms with Crippen molar-refractivity contribution in [3.8, 4) is 0 Å². The molecule has 10 heteroatoms. The first-order valence-corrected chi connectivity index (χ1v) is 9.57. The molecule has 146 valence electrons. The van der Waals surface area contributed by atoms with Gasteiger partial charge in [0.05, 0.1) is 24.8 Å². The van der Waals surface area contributed by atoms with Gasteiger partial charge < -0.3 is 19.4 Å². The number of ether oxygens (including phenoxy) is 1. The molecule has 0 saturated carbocycles.